The number of nitrogens with zero attached hydrogens (tertiary/aromatic N) is 1. The number of fused-ring (bicyclic) bond motifs is 1. The number of likely N-dealkylation sites (tertiary alicyclic amines) is 1. The molecule has 1 aliphatic carbocycles. The summed E-state index contributed by atoms with van der Waals surface area (Å²) >= 11 is 0. The first kappa shape index (κ1) is 13.5. The van der Waals surface area contributed by atoms with Crippen LogP contribution >= 0.6 is 0 Å². The van der Waals surface area contributed by atoms with Crippen LogP contribution in [0.5, 0.6) is 0 Å². The number of hydrogen-bond donors (Lipinski definition) is 0. The summed E-state index contributed by atoms with van der Waals surface area (Å²) in [6.07, 6.45) is 7.34. The Bertz CT molecular complexity index is 232. The second-order valence-corrected chi connectivity index (χ2v) is 4.85. The molecule has 1 saturated heterocycles. The Morgan fingerprint density at radius 1 is 1.31 bits per heavy atom. The monoisotopic (exact) mass is 221 g/mol. The maximum Gasteiger partial charge on any atom is 0.0160 e. The van der Waals surface area contributed by atoms with Crippen LogP contribution < -0.4 is 0 Å². The fraction of sp³-hybridized carbons (Fsp3) is 0.733. The van der Waals surface area contributed by atoms with E-state index in [1.165, 1.54) is 44.3 Å². The fourth-order valence-electron chi connectivity index (χ4n) is 2.96. The van der Waals surface area contributed by atoms with Crippen molar-refractivity contribution in [2.24, 2.45) is 11.8 Å². The molecule has 2 aliphatic rings. The van der Waals surface area contributed by atoms with Gasteiger partial charge >= 0.3 is 0 Å². The largest absolute Gasteiger partial charge is 0.299 e. The van der Waals surface area contributed by atoms with E-state index in [2.05, 4.69) is 18.1 Å². The highest BCUT2D eigenvalue weighted by Crippen LogP contribution is 2.37. The minimum Gasteiger partial charge on any atom is -0.299 e. The van der Waals surface area contributed by atoms with Gasteiger partial charge in [0.15, 0.2) is 0 Å². The van der Waals surface area contributed by atoms with Gasteiger partial charge in [0, 0.05) is 13.1 Å². The van der Waals surface area contributed by atoms with Gasteiger partial charge in [0.1, 0.15) is 0 Å². The van der Waals surface area contributed by atoms with Crippen molar-refractivity contribution in [3.63, 3.8) is 0 Å². The van der Waals surface area contributed by atoms with E-state index in [0.717, 1.165) is 18.4 Å². The van der Waals surface area contributed by atoms with Gasteiger partial charge in [-0.15, -0.1) is 6.58 Å². The first-order valence-corrected chi connectivity index (χ1v) is 6.79. The van der Waals surface area contributed by atoms with Crippen molar-refractivity contribution in [1.29, 1.82) is 0 Å². The molecule has 2 fully saturated rings. The zero-order chi connectivity index (χ0) is 12.0. The normalized spacial score (nSPS) is 30.0. The van der Waals surface area contributed by atoms with Gasteiger partial charge in [-0.1, -0.05) is 32.1 Å². The lowest BCUT2D eigenvalue weighted by molar-refractivity contribution is 0.111. The summed E-state index contributed by atoms with van der Waals surface area (Å²) in [5.41, 5.74) is 1.49. The lowest BCUT2D eigenvalue weighted by Crippen LogP contribution is -2.41. The van der Waals surface area contributed by atoms with Crippen LogP contribution in [-0.2, 0) is 0 Å². The van der Waals surface area contributed by atoms with Crippen LogP contribution in [0.4, 0.5) is 0 Å². The lowest BCUT2D eigenvalue weighted by Gasteiger charge is -2.41. The maximum atomic E-state index is 4.13. The second-order valence-electron chi connectivity index (χ2n) is 4.85. The first-order valence-electron chi connectivity index (χ1n) is 6.79. The van der Waals surface area contributed by atoms with Gasteiger partial charge in [-0.2, -0.15) is 0 Å². The van der Waals surface area contributed by atoms with Gasteiger partial charge in [0.2, 0.25) is 0 Å². The van der Waals surface area contributed by atoms with E-state index in [0.29, 0.717) is 0 Å². The highest BCUT2D eigenvalue weighted by Gasteiger charge is 2.31. The smallest absolute Gasteiger partial charge is 0.0160 e. The van der Waals surface area contributed by atoms with Crippen molar-refractivity contribution in [3.8, 4) is 0 Å². The quantitative estimate of drug-likeness (QED) is 0.640. The molecule has 2 rings (SSSR count). The summed E-state index contributed by atoms with van der Waals surface area (Å²) in [6.45, 7) is 15.6. The van der Waals surface area contributed by atoms with Gasteiger partial charge in [-0.3, -0.25) is 4.90 Å². The zero-order valence-corrected chi connectivity index (χ0v) is 11.0. The van der Waals surface area contributed by atoms with Crippen LogP contribution in [0.2, 0.25) is 0 Å². The highest BCUT2D eigenvalue weighted by molar-refractivity contribution is 5.03. The third-order valence-electron chi connectivity index (χ3n) is 3.78. The molecule has 1 aliphatic heterocycles. The minimum atomic E-state index is 0.939. The molecule has 0 amide bonds. The summed E-state index contributed by atoms with van der Waals surface area (Å²) in [5.74, 6) is 1.88. The van der Waals surface area contributed by atoms with Crippen LogP contribution in [0.1, 0.15) is 39.5 Å². The van der Waals surface area contributed by atoms with Gasteiger partial charge in [0.05, 0.1) is 0 Å². The Hall–Kier alpha value is -0.560. The molecular weight excluding hydrogens is 194 g/mol. The lowest BCUT2D eigenvalue weighted by atomic mass is 9.73. The standard InChI is InChI=1S/C13H21N.C2H6/c1-3-7-14-8-6-12-9-11(2)4-5-13(12)10-14;1-2/h3,12-13H,1-2,4-10H2;1-2H3. The molecule has 16 heavy (non-hydrogen) atoms. The van der Waals surface area contributed by atoms with E-state index in [1.54, 1.807) is 0 Å². The van der Waals surface area contributed by atoms with E-state index in [4.69, 9.17) is 0 Å². The Kier molecular flexibility index (Phi) is 5.83. The first-order chi connectivity index (χ1) is 7.79. The predicted octanol–water partition coefficient (Wildman–Crippen LogP) is 3.88. The molecule has 2 unspecified atom stereocenters. The fourth-order valence-corrected chi connectivity index (χ4v) is 2.96. The molecule has 1 nitrogen and oxygen atoms in total. The Morgan fingerprint density at radius 2 is 2.06 bits per heavy atom. The van der Waals surface area contributed by atoms with Crippen LogP contribution in [0.15, 0.2) is 24.8 Å². The van der Waals surface area contributed by atoms with E-state index < -0.39 is 0 Å². The number of allylic oxidation sites excluding steroid dienone is 1. The molecule has 0 bridgehead atoms. The van der Waals surface area contributed by atoms with Crippen molar-refractivity contribution in [3.05, 3.63) is 24.8 Å². The van der Waals surface area contributed by atoms with Crippen LogP contribution in [0.25, 0.3) is 0 Å². The number of rotatable bonds is 2. The maximum absolute atomic E-state index is 4.13. The zero-order valence-electron chi connectivity index (χ0n) is 11.0. The van der Waals surface area contributed by atoms with Crippen molar-refractivity contribution in [2.75, 3.05) is 19.6 Å². The summed E-state index contributed by atoms with van der Waals surface area (Å²) in [6, 6.07) is 0. The molecule has 92 valence electrons. The molecule has 0 aromatic heterocycles. The molecule has 0 aromatic carbocycles. The Morgan fingerprint density at radius 3 is 2.75 bits per heavy atom. The van der Waals surface area contributed by atoms with Crippen LogP contribution in [0, 0.1) is 11.8 Å². The van der Waals surface area contributed by atoms with Crippen molar-refractivity contribution in [2.45, 2.75) is 39.5 Å². The predicted molar refractivity (Wildman–Crippen MR) is 72.6 cm³/mol. The minimum absolute atomic E-state index is 0.939. The van der Waals surface area contributed by atoms with Crippen LogP contribution in [-0.4, -0.2) is 24.5 Å². The molecule has 2 atom stereocenters. The van der Waals surface area contributed by atoms with Crippen molar-refractivity contribution >= 4 is 0 Å². The number of piperidine rings is 1. The van der Waals surface area contributed by atoms with E-state index >= 15 is 0 Å². The third kappa shape index (κ3) is 3.48. The second kappa shape index (κ2) is 6.90. The SMILES string of the molecule is C=CCN1CCC2CC(=C)CCC2C1.CC. The van der Waals surface area contributed by atoms with Gasteiger partial charge in [0.25, 0.3) is 0 Å². The Balaban J connectivity index is 0.000000606. The molecule has 1 saturated carbocycles. The molecule has 0 N–H and O–H groups in total. The summed E-state index contributed by atoms with van der Waals surface area (Å²) in [5, 5.41) is 0. The highest BCUT2D eigenvalue weighted by atomic mass is 15.1. The molecule has 0 spiro atoms. The summed E-state index contributed by atoms with van der Waals surface area (Å²) < 4.78 is 0. The van der Waals surface area contributed by atoms with E-state index in [9.17, 15) is 0 Å². The Labute approximate surface area is 101 Å². The van der Waals surface area contributed by atoms with Gasteiger partial charge < -0.3 is 0 Å². The van der Waals surface area contributed by atoms with Gasteiger partial charge in [-0.05, 0) is 44.1 Å². The molecular formula is C15H27N. The van der Waals surface area contributed by atoms with Crippen molar-refractivity contribution < 1.29 is 0 Å². The molecule has 0 aromatic rings. The number of hydrogen-bond acceptors (Lipinski definition) is 1. The third-order valence-corrected chi connectivity index (χ3v) is 3.78. The average molecular weight is 221 g/mol. The van der Waals surface area contributed by atoms with Crippen molar-refractivity contribution in [1.82, 2.24) is 4.90 Å². The summed E-state index contributed by atoms with van der Waals surface area (Å²) in [4.78, 5) is 2.54. The molecule has 0 radical (unpaired) electrons. The van der Waals surface area contributed by atoms with E-state index in [1.807, 2.05) is 19.9 Å². The van der Waals surface area contributed by atoms with E-state index in [-0.39, 0.29) is 0 Å². The topological polar surface area (TPSA) is 3.24 Å². The molecule has 1 heteroatoms. The van der Waals surface area contributed by atoms with Gasteiger partial charge in [-0.25, -0.2) is 0 Å². The average Bonchev–Trinajstić information content (AvgIpc) is 2.32. The van der Waals surface area contributed by atoms with Crippen LogP contribution in [0.3, 0.4) is 0 Å². The summed E-state index contributed by atoms with van der Waals surface area (Å²) in [7, 11) is 0. The molecule has 1 heterocycles.